The molecule has 0 bridgehead atoms. The summed E-state index contributed by atoms with van der Waals surface area (Å²) in [6.07, 6.45) is 0. The molecule has 104 valence electrons. The average Bonchev–Trinajstić information content (AvgIpc) is 2.34. The Labute approximate surface area is 131 Å². The van der Waals surface area contributed by atoms with Crippen LogP contribution in [-0.4, -0.2) is 5.78 Å². The summed E-state index contributed by atoms with van der Waals surface area (Å²) in [6.45, 7) is 5.44. The number of aryl methyl sites for hydroxylation is 2. The zero-order valence-corrected chi connectivity index (χ0v) is 13.8. The molecule has 2 aromatic carbocycles. The number of hydrogen-bond donors (Lipinski definition) is 0. The second-order valence-electron chi connectivity index (χ2n) is 4.67. The molecule has 2 nitrogen and oxygen atoms in total. The summed E-state index contributed by atoms with van der Waals surface area (Å²) in [5.41, 5.74) is 2.59. The Bertz CT molecular complexity index is 657. The van der Waals surface area contributed by atoms with Gasteiger partial charge in [0, 0.05) is 10.6 Å². The monoisotopic (exact) mass is 352 g/mol. The predicted octanol–water partition coefficient (Wildman–Crippen LogP) is 5.71. The maximum absolute atomic E-state index is 11.3. The lowest BCUT2D eigenvalue weighted by molar-refractivity contribution is 0.101. The quantitative estimate of drug-likeness (QED) is 0.660. The second kappa shape index (κ2) is 5.98. The molecule has 0 amide bonds. The van der Waals surface area contributed by atoms with Gasteiger partial charge < -0.3 is 4.74 Å². The Hall–Kier alpha value is -1.32. The summed E-state index contributed by atoms with van der Waals surface area (Å²) in [6, 6.07) is 9.03. The molecular weight excluding hydrogens is 340 g/mol. The molecule has 20 heavy (non-hydrogen) atoms. The van der Waals surface area contributed by atoms with Gasteiger partial charge in [-0.25, -0.2) is 0 Å². The molecule has 2 aromatic rings. The molecule has 2 rings (SSSR count). The molecular formula is C16H14BrClO2. The van der Waals surface area contributed by atoms with Crippen LogP contribution in [0.1, 0.15) is 28.4 Å². The van der Waals surface area contributed by atoms with Crippen LogP contribution in [0.15, 0.2) is 34.8 Å². The standard InChI is InChI=1S/C16H14BrClO2/c1-9-6-13(18)7-10(2)16(9)20-15-5-4-12(11(3)19)8-14(15)17/h4-8H,1-3H3. The van der Waals surface area contributed by atoms with E-state index >= 15 is 0 Å². The van der Waals surface area contributed by atoms with Crippen molar-refractivity contribution >= 4 is 33.3 Å². The van der Waals surface area contributed by atoms with Crippen molar-refractivity contribution in [3.05, 3.63) is 56.5 Å². The van der Waals surface area contributed by atoms with Crippen LogP contribution in [0.5, 0.6) is 11.5 Å². The van der Waals surface area contributed by atoms with Gasteiger partial charge in [0.15, 0.2) is 5.78 Å². The molecule has 0 saturated carbocycles. The van der Waals surface area contributed by atoms with Gasteiger partial charge in [-0.1, -0.05) is 11.6 Å². The highest BCUT2D eigenvalue weighted by Crippen LogP contribution is 2.35. The van der Waals surface area contributed by atoms with Crippen LogP contribution < -0.4 is 4.74 Å². The summed E-state index contributed by atoms with van der Waals surface area (Å²) in [5, 5.41) is 0.693. The first-order chi connectivity index (χ1) is 9.38. The summed E-state index contributed by atoms with van der Waals surface area (Å²) in [7, 11) is 0. The number of hydrogen-bond acceptors (Lipinski definition) is 2. The fourth-order valence-electron chi connectivity index (χ4n) is 1.97. The Morgan fingerprint density at radius 2 is 1.75 bits per heavy atom. The minimum absolute atomic E-state index is 0.0242. The minimum Gasteiger partial charge on any atom is -0.456 e. The normalized spacial score (nSPS) is 10.4. The smallest absolute Gasteiger partial charge is 0.159 e. The number of benzene rings is 2. The molecule has 0 saturated heterocycles. The molecule has 0 aliphatic heterocycles. The summed E-state index contributed by atoms with van der Waals surface area (Å²) >= 11 is 9.44. The zero-order chi connectivity index (χ0) is 14.9. The molecule has 0 radical (unpaired) electrons. The van der Waals surface area contributed by atoms with Crippen molar-refractivity contribution < 1.29 is 9.53 Å². The van der Waals surface area contributed by atoms with Crippen molar-refractivity contribution in [2.75, 3.05) is 0 Å². The van der Waals surface area contributed by atoms with Crippen LogP contribution in [-0.2, 0) is 0 Å². The van der Waals surface area contributed by atoms with E-state index in [1.54, 1.807) is 18.2 Å². The zero-order valence-electron chi connectivity index (χ0n) is 11.5. The van der Waals surface area contributed by atoms with Gasteiger partial charge in [-0.05, 0) is 78.2 Å². The lowest BCUT2D eigenvalue weighted by Crippen LogP contribution is -1.95. The van der Waals surface area contributed by atoms with Gasteiger partial charge in [-0.3, -0.25) is 4.79 Å². The minimum atomic E-state index is 0.0242. The highest BCUT2D eigenvalue weighted by Gasteiger charge is 2.11. The fraction of sp³-hybridized carbons (Fsp3) is 0.188. The van der Waals surface area contributed by atoms with Crippen LogP contribution in [0.3, 0.4) is 0 Å². The van der Waals surface area contributed by atoms with Gasteiger partial charge >= 0.3 is 0 Å². The van der Waals surface area contributed by atoms with Gasteiger partial charge in [0.05, 0.1) is 4.47 Å². The van der Waals surface area contributed by atoms with Crippen LogP contribution >= 0.6 is 27.5 Å². The largest absolute Gasteiger partial charge is 0.456 e. The van der Waals surface area contributed by atoms with Crippen molar-refractivity contribution in [2.24, 2.45) is 0 Å². The van der Waals surface area contributed by atoms with Crippen LogP contribution in [0, 0.1) is 13.8 Å². The molecule has 4 heteroatoms. The van der Waals surface area contributed by atoms with E-state index in [1.165, 1.54) is 6.92 Å². The SMILES string of the molecule is CC(=O)c1ccc(Oc2c(C)cc(Cl)cc2C)c(Br)c1. The number of halogens is 2. The highest BCUT2D eigenvalue weighted by atomic mass is 79.9. The average molecular weight is 354 g/mol. The second-order valence-corrected chi connectivity index (χ2v) is 5.96. The van der Waals surface area contributed by atoms with E-state index in [1.807, 2.05) is 26.0 Å². The first-order valence-electron chi connectivity index (χ1n) is 6.13. The molecule has 0 N–H and O–H groups in total. The Morgan fingerprint density at radius 3 is 2.25 bits per heavy atom. The third-order valence-corrected chi connectivity index (χ3v) is 3.81. The summed E-state index contributed by atoms with van der Waals surface area (Å²) in [4.78, 5) is 11.3. The van der Waals surface area contributed by atoms with E-state index in [0.717, 1.165) is 21.3 Å². The summed E-state index contributed by atoms with van der Waals surface area (Å²) < 4.78 is 6.69. The van der Waals surface area contributed by atoms with Crippen molar-refractivity contribution in [1.82, 2.24) is 0 Å². The Kier molecular flexibility index (Phi) is 4.51. The Balaban J connectivity index is 2.38. The third-order valence-electron chi connectivity index (χ3n) is 2.98. The molecule has 0 spiro atoms. The van der Waals surface area contributed by atoms with E-state index in [2.05, 4.69) is 15.9 Å². The summed E-state index contributed by atoms with van der Waals surface area (Å²) in [5.74, 6) is 1.48. The number of Topliss-reactive ketones (excluding diaryl/α,β-unsaturated/α-hetero) is 1. The van der Waals surface area contributed by atoms with Gasteiger partial charge in [-0.2, -0.15) is 0 Å². The molecule has 0 aliphatic rings. The van der Waals surface area contributed by atoms with Crippen molar-refractivity contribution in [2.45, 2.75) is 20.8 Å². The van der Waals surface area contributed by atoms with Crippen LogP contribution in [0.4, 0.5) is 0 Å². The first-order valence-corrected chi connectivity index (χ1v) is 7.30. The van der Waals surface area contributed by atoms with E-state index in [0.29, 0.717) is 16.3 Å². The predicted molar refractivity (Wildman–Crippen MR) is 85.1 cm³/mol. The maximum atomic E-state index is 11.3. The van der Waals surface area contributed by atoms with Crippen molar-refractivity contribution in [1.29, 1.82) is 0 Å². The Morgan fingerprint density at radius 1 is 1.15 bits per heavy atom. The van der Waals surface area contributed by atoms with E-state index < -0.39 is 0 Å². The van der Waals surface area contributed by atoms with Crippen LogP contribution in [0.25, 0.3) is 0 Å². The number of ether oxygens (including phenoxy) is 1. The molecule has 0 aliphatic carbocycles. The van der Waals surface area contributed by atoms with Crippen molar-refractivity contribution in [3.63, 3.8) is 0 Å². The van der Waals surface area contributed by atoms with Gasteiger partial charge in [0.25, 0.3) is 0 Å². The van der Waals surface area contributed by atoms with Crippen molar-refractivity contribution in [3.8, 4) is 11.5 Å². The molecule has 0 heterocycles. The molecule has 0 atom stereocenters. The topological polar surface area (TPSA) is 26.3 Å². The van der Waals surface area contributed by atoms with Gasteiger partial charge in [0.2, 0.25) is 0 Å². The third kappa shape index (κ3) is 3.22. The van der Waals surface area contributed by atoms with E-state index in [-0.39, 0.29) is 5.78 Å². The molecule has 0 fully saturated rings. The fourth-order valence-corrected chi connectivity index (χ4v) is 2.76. The molecule has 0 unspecified atom stereocenters. The van der Waals surface area contributed by atoms with Gasteiger partial charge in [-0.15, -0.1) is 0 Å². The number of carbonyl (C=O) groups excluding carboxylic acids is 1. The number of ketones is 1. The number of carbonyl (C=O) groups is 1. The van der Waals surface area contributed by atoms with Gasteiger partial charge in [0.1, 0.15) is 11.5 Å². The molecule has 0 aromatic heterocycles. The lowest BCUT2D eigenvalue weighted by atomic mass is 10.1. The van der Waals surface area contributed by atoms with Crippen LogP contribution in [0.2, 0.25) is 5.02 Å². The lowest BCUT2D eigenvalue weighted by Gasteiger charge is -2.14. The van der Waals surface area contributed by atoms with E-state index in [9.17, 15) is 4.79 Å². The van der Waals surface area contributed by atoms with E-state index in [4.69, 9.17) is 16.3 Å². The highest BCUT2D eigenvalue weighted by molar-refractivity contribution is 9.10. The first kappa shape index (κ1) is 15.1. The maximum Gasteiger partial charge on any atom is 0.159 e. The number of rotatable bonds is 3.